The fourth-order valence-electron chi connectivity index (χ4n) is 3.56. The van der Waals surface area contributed by atoms with Gasteiger partial charge in [-0.05, 0) is 50.1 Å². The molecule has 2 aromatic rings. The lowest BCUT2D eigenvalue weighted by atomic mass is 9.87. The van der Waals surface area contributed by atoms with Gasteiger partial charge in [0.25, 0.3) is 11.8 Å². The number of carbonyl (C=O) groups excluding carboxylic acids is 3. The molecule has 0 spiro atoms. The van der Waals surface area contributed by atoms with E-state index in [4.69, 9.17) is 0 Å². The van der Waals surface area contributed by atoms with Crippen LogP contribution in [0.25, 0.3) is 0 Å². The molecule has 0 aliphatic carbocycles. The van der Waals surface area contributed by atoms with Crippen molar-refractivity contribution in [2.24, 2.45) is 0 Å². The molecule has 4 amide bonds. The highest BCUT2D eigenvalue weighted by Gasteiger charge is 2.52. The van der Waals surface area contributed by atoms with Gasteiger partial charge in [0.2, 0.25) is 0 Å². The van der Waals surface area contributed by atoms with Gasteiger partial charge in [0.1, 0.15) is 11.4 Å². The van der Waals surface area contributed by atoms with Crippen molar-refractivity contribution in [1.82, 2.24) is 15.8 Å². The third-order valence-corrected chi connectivity index (χ3v) is 5.22. The van der Waals surface area contributed by atoms with Crippen molar-refractivity contribution in [2.45, 2.75) is 38.8 Å². The van der Waals surface area contributed by atoms with Crippen LogP contribution in [-0.2, 0) is 15.1 Å². The molecular formula is C22H25FN4O3. The zero-order chi connectivity index (χ0) is 21.9. The van der Waals surface area contributed by atoms with Gasteiger partial charge in [-0.15, -0.1) is 0 Å². The summed E-state index contributed by atoms with van der Waals surface area (Å²) in [5.74, 6) is -1.44. The molecule has 3 rings (SSSR count). The van der Waals surface area contributed by atoms with Crippen LogP contribution < -0.4 is 15.6 Å². The van der Waals surface area contributed by atoms with Crippen LogP contribution in [0.15, 0.2) is 54.6 Å². The summed E-state index contributed by atoms with van der Waals surface area (Å²) in [6.07, 6.45) is 0.335. The number of hydrazine groups is 1. The molecule has 2 aromatic carbocycles. The highest BCUT2D eigenvalue weighted by atomic mass is 19.1. The maximum atomic E-state index is 13.2. The van der Waals surface area contributed by atoms with Gasteiger partial charge in [0.05, 0.1) is 6.54 Å². The van der Waals surface area contributed by atoms with Crippen molar-refractivity contribution in [3.63, 3.8) is 0 Å². The number of nitrogens with one attached hydrogen (secondary N) is 2. The minimum Gasteiger partial charge on any atom is -0.360 e. The number of imide groups is 1. The molecule has 1 atom stereocenters. The first-order valence-electron chi connectivity index (χ1n) is 9.82. The summed E-state index contributed by atoms with van der Waals surface area (Å²) in [5.41, 5.74) is 2.51. The molecule has 0 aromatic heterocycles. The highest BCUT2D eigenvalue weighted by Crippen LogP contribution is 2.31. The number of hydrogen-bond donors (Lipinski definition) is 2. The standard InChI is InChI=1S/C22H25FN4O3/c1-4-22(16-8-6-5-7-9-16)20(29)27(21(30)24-22)25-19(28)14-26(15(2)3)18-12-10-17(23)11-13-18/h5-13,15H,4,14H2,1-3H3,(H,24,30)(H,25,28). The molecule has 1 unspecified atom stereocenters. The average molecular weight is 412 g/mol. The minimum absolute atomic E-state index is 0.0663. The predicted octanol–water partition coefficient (Wildman–Crippen LogP) is 2.93. The molecule has 1 aliphatic rings. The summed E-state index contributed by atoms with van der Waals surface area (Å²) in [7, 11) is 0. The Kier molecular flexibility index (Phi) is 6.05. The Morgan fingerprint density at radius 2 is 1.77 bits per heavy atom. The SMILES string of the molecule is CCC1(c2ccccc2)NC(=O)N(NC(=O)CN(c2ccc(F)cc2)C(C)C)C1=O. The van der Waals surface area contributed by atoms with Crippen LogP contribution in [0, 0.1) is 5.82 Å². The lowest BCUT2D eigenvalue weighted by Gasteiger charge is -2.29. The summed E-state index contributed by atoms with van der Waals surface area (Å²) < 4.78 is 13.2. The largest absolute Gasteiger partial charge is 0.360 e. The fourth-order valence-corrected chi connectivity index (χ4v) is 3.56. The summed E-state index contributed by atoms with van der Waals surface area (Å²) in [6, 6.07) is 14.0. The fraction of sp³-hybridized carbons (Fsp3) is 0.318. The minimum atomic E-state index is -1.22. The third-order valence-electron chi connectivity index (χ3n) is 5.22. The van der Waals surface area contributed by atoms with E-state index in [9.17, 15) is 18.8 Å². The number of halogens is 1. The summed E-state index contributed by atoms with van der Waals surface area (Å²) in [4.78, 5) is 40.1. The Balaban J connectivity index is 1.76. The van der Waals surface area contributed by atoms with Gasteiger partial charge in [-0.2, -0.15) is 5.01 Å². The number of benzene rings is 2. The molecular weight excluding hydrogens is 387 g/mol. The molecule has 158 valence electrons. The molecule has 2 N–H and O–H groups in total. The van der Waals surface area contributed by atoms with E-state index < -0.39 is 23.4 Å². The van der Waals surface area contributed by atoms with Crippen molar-refractivity contribution >= 4 is 23.5 Å². The summed E-state index contributed by atoms with van der Waals surface area (Å²) in [6.45, 7) is 5.47. The van der Waals surface area contributed by atoms with E-state index in [2.05, 4.69) is 10.7 Å². The van der Waals surface area contributed by atoms with Gasteiger partial charge in [0, 0.05) is 11.7 Å². The lowest BCUT2D eigenvalue weighted by Crippen LogP contribution is -2.51. The molecule has 1 aliphatic heterocycles. The van der Waals surface area contributed by atoms with Crippen molar-refractivity contribution in [2.75, 3.05) is 11.4 Å². The van der Waals surface area contributed by atoms with Gasteiger partial charge < -0.3 is 10.2 Å². The number of carbonyl (C=O) groups is 3. The number of hydrogen-bond acceptors (Lipinski definition) is 4. The van der Waals surface area contributed by atoms with Crippen LogP contribution in [0.4, 0.5) is 14.9 Å². The van der Waals surface area contributed by atoms with Crippen LogP contribution in [0.2, 0.25) is 0 Å². The van der Waals surface area contributed by atoms with Gasteiger partial charge in [-0.3, -0.25) is 15.0 Å². The molecule has 1 saturated heterocycles. The molecule has 8 heteroatoms. The average Bonchev–Trinajstić information content (AvgIpc) is 2.98. The van der Waals surface area contributed by atoms with Crippen LogP contribution in [0.3, 0.4) is 0 Å². The molecule has 0 saturated carbocycles. The van der Waals surface area contributed by atoms with Crippen LogP contribution in [-0.4, -0.2) is 35.4 Å². The molecule has 1 heterocycles. The van der Waals surface area contributed by atoms with Crippen molar-refractivity contribution < 1.29 is 18.8 Å². The van der Waals surface area contributed by atoms with Crippen molar-refractivity contribution in [3.05, 3.63) is 66.0 Å². The highest BCUT2D eigenvalue weighted by molar-refractivity contribution is 6.08. The topological polar surface area (TPSA) is 81.8 Å². The second kappa shape index (κ2) is 8.52. The Morgan fingerprint density at radius 1 is 1.13 bits per heavy atom. The van der Waals surface area contributed by atoms with E-state index in [0.717, 1.165) is 5.01 Å². The van der Waals surface area contributed by atoms with Crippen LogP contribution >= 0.6 is 0 Å². The number of nitrogens with zero attached hydrogens (tertiary/aromatic N) is 2. The summed E-state index contributed by atoms with van der Waals surface area (Å²) >= 11 is 0. The number of anilines is 1. The van der Waals surface area contributed by atoms with Gasteiger partial charge in [0.15, 0.2) is 0 Å². The number of rotatable bonds is 7. The predicted molar refractivity (Wildman–Crippen MR) is 111 cm³/mol. The Labute approximate surface area is 174 Å². The van der Waals surface area contributed by atoms with E-state index in [0.29, 0.717) is 17.7 Å². The smallest absolute Gasteiger partial charge is 0.344 e. The second-order valence-corrected chi connectivity index (χ2v) is 7.43. The van der Waals surface area contributed by atoms with E-state index in [1.165, 1.54) is 12.1 Å². The third kappa shape index (κ3) is 3.98. The van der Waals surface area contributed by atoms with Crippen LogP contribution in [0.1, 0.15) is 32.8 Å². The molecule has 0 bridgehead atoms. The monoisotopic (exact) mass is 412 g/mol. The van der Waals surface area contributed by atoms with Crippen LogP contribution in [0.5, 0.6) is 0 Å². The molecule has 0 radical (unpaired) electrons. The number of urea groups is 1. The van der Waals surface area contributed by atoms with E-state index >= 15 is 0 Å². The zero-order valence-electron chi connectivity index (χ0n) is 17.2. The summed E-state index contributed by atoms with van der Waals surface area (Å²) in [5, 5.41) is 3.46. The maximum absolute atomic E-state index is 13.2. The Hall–Kier alpha value is -3.42. The van der Waals surface area contributed by atoms with E-state index in [1.54, 1.807) is 48.2 Å². The van der Waals surface area contributed by atoms with Crippen molar-refractivity contribution in [1.29, 1.82) is 0 Å². The Morgan fingerprint density at radius 3 is 2.33 bits per heavy atom. The second-order valence-electron chi connectivity index (χ2n) is 7.43. The molecule has 7 nitrogen and oxygen atoms in total. The first-order chi connectivity index (χ1) is 14.3. The first kappa shape index (κ1) is 21.3. The lowest BCUT2D eigenvalue weighted by molar-refractivity contribution is -0.139. The van der Waals surface area contributed by atoms with E-state index in [-0.39, 0.29) is 18.4 Å². The van der Waals surface area contributed by atoms with Gasteiger partial charge >= 0.3 is 6.03 Å². The quantitative estimate of drug-likeness (QED) is 0.685. The normalized spacial score (nSPS) is 18.5. The maximum Gasteiger partial charge on any atom is 0.344 e. The Bertz CT molecular complexity index is 933. The van der Waals surface area contributed by atoms with E-state index in [1.807, 2.05) is 19.9 Å². The molecule has 1 fully saturated rings. The van der Waals surface area contributed by atoms with Gasteiger partial charge in [-0.25, -0.2) is 9.18 Å². The number of amides is 4. The zero-order valence-corrected chi connectivity index (χ0v) is 17.2. The first-order valence-corrected chi connectivity index (χ1v) is 9.82. The molecule has 30 heavy (non-hydrogen) atoms. The van der Waals surface area contributed by atoms with Crippen molar-refractivity contribution in [3.8, 4) is 0 Å². The van der Waals surface area contributed by atoms with Gasteiger partial charge in [-0.1, -0.05) is 37.3 Å².